The Balaban J connectivity index is 1.38. The average Bonchev–Trinajstić information content (AvgIpc) is 3.53. The van der Waals surface area contributed by atoms with Gasteiger partial charge in [0.25, 0.3) is 11.8 Å². The maximum absolute atomic E-state index is 14.1. The largest absolute Gasteiger partial charge is 0.320 e. The number of amides is 4. The second-order valence-corrected chi connectivity index (χ2v) is 10.3. The van der Waals surface area contributed by atoms with E-state index in [0.29, 0.717) is 41.1 Å². The number of carbonyl (C=O) groups excluding carboxylic acids is 3. The number of anilines is 4. The molecule has 1 aliphatic heterocycles. The van der Waals surface area contributed by atoms with Gasteiger partial charge in [-0.2, -0.15) is 0 Å². The predicted molar refractivity (Wildman–Crippen MR) is 144 cm³/mol. The van der Waals surface area contributed by atoms with Crippen LogP contribution in [0, 0.1) is 17.8 Å². The monoisotopic (exact) mass is 494 g/mol. The van der Waals surface area contributed by atoms with Crippen LogP contribution in [0.2, 0.25) is 0 Å². The van der Waals surface area contributed by atoms with Crippen molar-refractivity contribution in [3.05, 3.63) is 84.9 Å². The summed E-state index contributed by atoms with van der Waals surface area (Å²) in [5, 5.41) is 5.44. The third-order valence-corrected chi connectivity index (χ3v) is 8.02. The topological polar surface area (TPSA) is 81.8 Å². The number of para-hydroxylation sites is 4. The van der Waals surface area contributed by atoms with Crippen molar-refractivity contribution in [2.45, 2.75) is 31.7 Å². The fourth-order valence-corrected chi connectivity index (χ4v) is 6.32. The van der Waals surface area contributed by atoms with Crippen molar-refractivity contribution >= 4 is 40.6 Å². The van der Waals surface area contributed by atoms with E-state index in [1.165, 1.54) is 19.3 Å². The number of benzene rings is 3. The molecular weight excluding hydrogens is 464 g/mol. The van der Waals surface area contributed by atoms with E-state index in [2.05, 4.69) is 10.6 Å². The number of nitrogens with zero attached hydrogens (tertiary/aromatic N) is 2. The third-order valence-electron chi connectivity index (χ3n) is 8.02. The summed E-state index contributed by atoms with van der Waals surface area (Å²) in [7, 11) is 0. The molecule has 2 aliphatic carbocycles. The molecule has 3 aromatic rings. The van der Waals surface area contributed by atoms with Crippen molar-refractivity contribution < 1.29 is 14.4 Å². The first-order chi connectivity index (χ1) is 18.1. The SMILES string of the molecule is O=C(Nc1ccccc1)NC1C(=O)N(CC2C[C@@H]3CC[C@H]2C3)c2ccccc2N(c2ccccc2)C1=O. The van der Waals surface area contributed by atoms with E-state index < -0.39 is 23.9 Å². The first-order valence-electron chi connectivity index (χ1n) is 13.0. The van der Waals surface area contributed by atoms with Crippen LogP contribution >= 0.6 is 0 Å². The van der Waals surface area contributed by atoms with Crippen LogP contribution < -0.4 is 20.4 Å². The molecule has 2 bridgehead atoms. The highest BCUT2D eigenvalue weighted by atomic mass is 16.2. The summed E-state index contributed by atoms with van der Waals surface area (Å²) in [6, 6.07) is 23.8. The lowest BCUT2D eigenvalue weighted by molar-refractivity contribution is -0.128. The normalized spacial score (nSPS) is 24.5. The Hall–Kier alpha value is -4.13. The van der Waals surface area contributed by atoms with Gasteiger partial charge in [-0.3, -0.25) is 14.5 Å². The van der Waals surface area contributed by atoms with Gasteiger partial charge in [0.15, 0.2) is 6.04 Å². The molecular formula is C30H30N4O3. The lowest BCUT2D eigenvalue weighted by Crippen LogP contribution is -2.56. The van der Waals surface area contributed by atoms with Gasteiger partial charge in [0.2, 0.25) is 0 Å². The number of nitrogens with one attached hydrogen (secondary N) is 2. The maximum Gasteiger partial charge on any atom is 0.320 e. The standard InChI is InChI=1S/C30H30N4O3/c35-28-27(32-30(37)31-23-9-3-1-4-10-23)29(36)34(24-11-5-2-6-12-24)26-14-8-7-13-25(26)33(28)19-22-18-20-15-16-21(22)17-20/h1-14,20-22,27H,15-19H2,(H2,31,32,37)/t20-,21+,22?,27?/m1/s1. The molecule has 7 nitrogen and oxygen atoms in total. The van der Waals surface area contributed by atoms with Gasteiger partial charge in [-0.15, -0.1) is 0 Å². The summed E-state index contributed by atoms with van der Waals surface area (Å²) >= 11 is 0. The molecule has 2 unspecified atom stereocenters. The molecule has 3 aromatic carbocycles. The Bertz CT molecular complexity index is 1310. The highest BCUT2D eigenvalue weighted by molar-refractivity contribution is 6.24. The maximum atomic E-state index is 14.1. The minimum Gasteiger partial charge on any atom is -0.318 e. The van der Waals surface area contributed by atoms with Gasteiger partial charge in [0.1, 0.15) is 0 Å². The van der Waals surface area contributed by atoms with Gasteiger partial charge in [-0.05, 0) is 73.4 Å². The highest BCUT2D eigenvalue weighted by Crippen LogP contribution is 2.49. The van der Waals surface area contributed by atoms with Crippen LogP contribution in [0.5, 0.6) is 0 Å². The van der Waals surface area contributed by atoms with Gasteiger partial charge in [-0.1, -0.05) is 55.0 Å². The van der Waals surface area contributed by atoms with E-state index in [-0.39, 0.29) is 0 Å². The summed E-state index contributed by atoms with van der Waals surface area (Å²) < 4.78 is 0. The molecule has 2 saturated carbocycles. The van der Waals surface area contributed by atoms with E-state index in [1.807, 2.05) is 72.8 Å². The molecule has 3 aliphatic rings. The van der Waals surface area contributed by atoms with Crippen LogP contribution in [0.25, 0.3) is 0 Å². The average molecular weight is 495 g/mol. The molecule has 37 heavy (non-hydrogen) atoms. The zero-order valence-corrected chi connectivity index (χ0v) is 20.5. The quantitative estimate of drug-likeness (QED) is 0.471. The minimum atomic E-state index is -1.37. The Kier molecular flexibility index (Phi) is 6.12. The van der Waals surface area contributed by atoms with Crippen LogP contribution in [0.1, 0.15) is 25.7 Å². The first-order valence-corrected chi connectivity index (χ1v) is 13.0. The molecule has 188 valence electrons. The van der Waals surface area contributed by atoms with Crippen molar-refractivity contribution in [2.24, 2.45) is 17.8 Å². The molecule has 2 N–H and O–H groups in total. The fraction of sp³-hybridized carbons (Fsp3) is 0.300. The summed E-state index contributed by atoms with van der Waals surface area (Å²) in [6.07, 6.45) is 4.81. The van der Waals surface area contributed by atoms with Crippen molar-refractivity contribution in [1.29, 1.82) is 0 Å². The predicted octanol–water partition coefficient (Wildman–Crippen LogP) is 5.32. The van der Waals surface area contributed by atoms with Crippen LogP contribution in [-0.2, 0) is 9.59 Å². The number of fused-ring (bicyclic) bond motifs is 3. The number of hydrogen-bond acceptors (Lipinski definition) is 3. The zero-order valence-electron chi connectivity index (χ0n) is 20.5. The van der Waals surface area contributed by atoms with Crippen LogP contribution in [0.15, 0.2) is 84.9 Å². The Morgan fingerprint density at radius 2 is 1.46 bits per heavy atom. The Labute approximate surface area is 216 Å². The summed E-state index contributed by atoms with van der Waals surface area (Å²) in [6.45, 7) is 0.547. The van der Waals surface area contributed by atoms with E-state index >= 15 is 0 Å². The Morgan fingerprint density at radius 1 is 0.784 bits per heavy atom. The van der Waals surface area contributed by atoms with Crippen molar-refractivity contribution in [2.75, 3.05) is 21.7 Å². The molecule has 1 heterocycles. The molecule has 0 aromatic heterocycles. The molecule has 0 spiro atoms. The third kappa shape index (κ3) is 4.46. The van der Waals surface area contributed by atoms with Crippen LogP contribution in [0.4, 0.5) is 27.5 Å². The second kappa shape index (κ2) is 9.73. The van der Waals surface area contributed by atoms with Crippen molar-refractivity contribution in [3.8, 4) is 0 Å². The van der Waals surface area contributed by atoms with E-state index in [4.69, 9.17) is 0 Å². The lowest BCUT2D eigenvalue weighted by Gasteiger charge is -2.31. The smallest absolute Gasteiger partial charge is 0.318 e. The van der Waals surface area contributed by atoms with E-state index in [0.717, 1.165) is 12.3 Å². The summed E-state index contributed by atoms with van der Waals surface area (Å²) in [4.78, 5) is 44.5. The second-order valence-electron chi connectivity index (χ2n) is 10.3. The van der Waals surface area contributed by atoms with Crippen molar-refractivity contribution in [1.82, 2.24) is 5.32 Å². The number of rotatable bonds is 5. The molecule has 0 saturated heterocycles. The van der Waals surface area contributed by atoms with Crippen LogP contribution in [-0.4, -0.2) is 30.4 Å². The molecule has 7 heteroatoms. The molecule has 4 amide bonds. The zero-order chi connectivity index (χ0) is 25.4. The van der Waals surface area contributed by atoms with Gasteiger partial charge in [-0.25, -0.2) is 4.79 Å². The van der Waals surface area contributed by atoms with Gasteiger partial charge < -0.3 is 15.5 Å². The van der Waals surface area contributed by atoms with Crippen LogP contribution in [0.3, 0.4) is 0 Å². The molecule has 0 radical (unpaired) electrons. The van der Waals surface area contributed by atoms with E-state index in [1.54, 1.807) is 21.9 Å². The molecule has 2 fully saturated rings. The van der Waals surface area contributed by atoms with Crippen molar-refractivity contribution in [3.63, 3.8) is 0 Å². The lowest BCUT2D eigenvalue weighted by atomic mass is 9.88. The highest BCUT2D eigenvalue weighted by Gasteiger charge is 2.45. The van der Waals surface area contributed by atoms with Gasteiger partial charge in [0.05, 0.1) is 11.4 Å². The summed E-state index contributed by atoms with van der Waals surface area (Å²) in [5.41, 5.74) is 2.56. The Morgan fingerprint density at radius 3 is 2.14 bits per heavy atom. The van der Waals surface area contributed by atoms with Gasteiger partial charge >= 0.3 is 6.03 Å². The molecule has 6 rings (SSSR count). The number of hydrogen-bond donors (Lipinski definition) is 2. The molecule has 4 atom stereocenters. The number of carbonyl (C=O) groups is 3. The summed E-state index contributed by atoms with van der Waals surface area (Å²) in [5.74, 6) is 0.861. The number of urea groups is 1. The fourth-order valence-electron chi connectivity index (χ4n) is 6.32. The minimum absolute atomic E-state index is 0.396. The van der Waals surface area contributed by atoms with Gasteiger partial charge in [0, 0.05) is 17.9 Å². The van der Waals surface area contributed by atoms with E-state index in [9.17, 15) is 14.4 Å². The first kappa shape index (κ1) is 23.3.